The predicted octanol–water partition coefficient (Wildman–Crippen LogP) is 3.82. The van der Waals surface area contributed by atoms with Crippen LogP contribution in [0.25, 0.3) is 10.9 Å². The fraction of sp³-hybridized carbons (Fsp3) is 0.500. The monoisotopic (exact) mass is 425 g/mol. The topological polar surface area (TPSA) is 76.0 Å². The van der Waals surface area contributed by atoms with Gasteiger partial charge in [0.05, 0.1) is 18.4 Å². The lowest BCUT2D eigenvalue weighted by molar-refractivity contribution is 0.0952. The van der Waals surface area contributed by atoms with E-state index in [1.807, 2.05) is 31.2 Å². The maximum Gasteiger partial charge on any atom is 0.228 e. The standard InChI is InChI=1S/C22H27N5O2S/c1-15-20(17-8-2-3-9-18(17)23-15)19(28)14-30-22-25-24-21(26-10-4-5-11-26)27(22)13-16-7-6-12-29-16/h2-3,8-9,16,23H,4-7,10-14H2,1H3. The third-order valence-electron chi connectivity index (χ3n) is 6.00. The molecule has 7 nitrogen and oxygen atoms in total. The van der Waals surface area contributed by atoms with Gasteiger partial charge in [-0.1, -0.05) is 30.0 Å². The van der Waals surface area contributed by atoms with Crippen LogP contribution in [0.5, 0.6) is 0 Å². The van der Waals surface area contributed by atoms with E-state index < -0.39 is 0 Å². The summed E-state index contributed by atoms with van der Waals surface area (Å²) < 4.78 is 8.04. The second kappa shape index (κ2) is 8.43. The van der Waals surface area contributed by atoms with Crippen molar-refractivity contribution in [3.63, 3.8) is 0 Å². The van der Waals surface area contributed by atoms with Crippen molar-refractivity contribution >= 4 is 34.4 Å². The molecular formula is C22H27N5O2S. The number of rotatable bonds is 7. The van der Waals surface area contributed by atoms with Crippen LogP contribution in [0, 0.1) is 6.92 Å². The Balaban J connectivity index is 1.37. The van der Waals surface area contributed by atoms with Gasteiger partial charge in [0, 0.05) is 41.9 Å². The van der Waals surface area contributed by atoms with Gasteiger partial charge in [0.15, 0.2) is 10.9 Å². The number of hydrogen-bond acceptors (Lipinski definition) is 6. The van der Waals surface area contributed by atoms with E-state index in [2.05, 4.69) is 24.6 Å². The van der Waals surface area contributed by atoms with Crippen LogP contribution in [-0.2, 0) is 11.3 Å². The van der Waals surface area contributed by atoms with E-state index in [4.69, 9.17) is 4.74 Å². The number of anilines is 1. The zero-order chi connectivity index (χ0) is 20.5. The lowest BCUT2D eigenvalue weighted by Gasteiger charge is -2.20. The summed E-state index contributed by atoms with van der Waals surface area (Å²) in [5.41, 5.74) is 2.70. The second-order valence-corrected chi connectivity index (χ2v) is 9.05. The molecule has 1 atom stereocenters. The largest absolute Gasteiger partial charge is 0.376 e. The lowest BCUT2D eigenvalue weighted by Crippen LogP contribution is -2.25. The molecule has 8 heteroatoms. The molecule has 5 rings (SSSR count). The van der Waals surface area contributed by atoms with Crippen molar-refractivity contribution in [3.05, 3.63) is 35.5 Å². The van der Waals surface area contributed by atoms with E-state index in [-0.39, 0.29) is 11.9 Å². The molecular weight excluding hydrogens is 398 g/mol. The minimum Gasteiger partial charge on any atom is -0.376 e. The molecule has 0 radical (unpaired) electrons. The minimum absolute atomic E-state index is 0.115. The Morgan fingerprint density at radius 2 is 2.07 bits per heavy atom. The van der Waals surface area contributed by atoms with E-state index in [1.165, 1.54) is 24.6 Å². The third-order valence-corrected chi connectivity index (χ3v) is 6.97. The summed E-state index contributed by atoms with van der Waals surface area (Å²) in [6.45, 7) is 5.57. The van der Waals surface area contributed by atoms with Crippen LogP contribution >= 0.6 is 11.8 Å². The zero-order valence-corrected chi connectivity index (χ0v) is 18.1. The molecule has 2 aliphatic heterocycles. The Morgan fingerprint density at radius 1 is 1.23 bits per heavy atom. The fourth-order valence-corrected chi connectivity index (χ4v) is 5.34. The summed E-state index contributed by atoms with van der Waals surface area (Å²) in [5, 5.41) is 10.7. The molecule has 0 aliphatic carbocycles. The highest BCUT2D eigenvalue weighted by molar-refractivity contribution is 7.99. The Labute approximate surface area is 180 Å². The van der Waals surface area contributed by atoms with Crippen molar-refractivity contribution in [1.29, 1.82) is 0 Å². The summed E-state index contributed by atoms with van der Waals surface area (Å²) in [6, 6.07) is 7.96. The number of carbonyl (C=O) groups is 1. The molecule has 0 spiro atoms. The molecule has 0 bridgehead atoms. The van der Waals surface area contributed by atoms with E-state index in [1.54, 1.807) is 0 Å². The average molecular weight is 426 g/mol. The molecule has 1 N–H and O–H groups in total. The highest BCUT2D eigenvalue weighted by Crippen LogP contribution is 2.29. The van der Waals surface area contributed by atoms with Crippen molar-refractivity contribution in [2.45, 2.75) is 50.4 Å². The predicted molar refractivity (Wildman–Crippen MR) is 119 cm³/mol. The van der Waals surface area contributed by atoms with Gasteiger partial charge in [0.2, 0.25) is 5.95 Å². The highest BCUT2D eigenvalue weighted by atomic mass is 32.2. The third kappa shape index (κ3) is 3.74. The first-order chi connectivity index (χ1) is 14.7. The van der Waals surface area contributed by atoms with Gasteiger partial charge in [-0.2, -0.15) is 0 Å². The van der Waals surface area contributed by atoms with Crippen LogP contribution in [0.2, 0.25) is 0 Å². The second-order valence-electron chi connectivity index (χ2n) is 8.10. The number of ether oxygens (including phenoxy) is 1. The Bertz CT molecular complexity index is 1050. The number of carbonyl (C=O) groups excluding carboxylic acids is 1. The molecule has 3 aromatic rings. The summed E-state index contributed by atoms with van der Waals surface area (Å²) in [5.74, 6) is 1.37. The number of hydrogen-bond donors (Lipinski definition) is 1. The van der Waals surface area contributed by atoms with E-state index in [0.29, 0.717) is 5.75 Å². The number of fused-ring (bicyclic) bond motifs is 1. The first-order valence-electron chi connectivity index (χ1n) is 10.7. The number of aromatic nitrogens is 4. The fourth-order valence-electron chi connectivity index (χ4n) is 4.53. The molecule has 2 aliphatic rings. The van der Waals surface area contributed by atoms with Gasteiger partial charge in [0.25, 0.3) is 0 Å². The van der Waals surface area contributed by atoms with Crippen LogP contribution in [0.1, 0.15) is 41.7 Å². The number of thioether (sulfide) groups is 1. The van der Waals surface area contributed by atoms with Gasteiger partial charge in [0.1, 0.15) is 0 Å². The number of para-hydroxylation sites is 1. The van der Waals surface area contributed by atoms with Gasteiger partial charge < -0.3 is 14.6 Å². The molecule has 1 unspecified atom stereocenters. The molecule has 1 aromatic carbocycles. The molecule has 4 heterocycles. The van der Waals surface area contributed by atoms with Crippen molar-refractivity contribution < 1.29 is 9.53 Å². The lowest BCUT2D eigenvalue weighted by atomic mass is 10.1. The molecule has 2 fully saturated rings. The number of nitrogens with zero attached hydrogens (tertiary/aromatic N) is 4. The molecule has 2 saturated heterocycles. The first kappa shape index (κ1) is 19.6. The normalized spacial score (nSPS) is 19.2. The van der Waals surface area contributed by atoms with Crippen molar-refractivity contribution in [3.8, 4) is 0 Å². The maximum absolute atomic E-state index is 13.1. The summed E-state index contributed by atoms with van der Waals surface area (Å²) in [7, 11) is 0. The molecule has 0 amide bonds. The summed E-state index contributed by atoms with van der Waals surface area (Å²) >= 11 is 1.48. The van der Waals surface area contributed by atoms with Crippen LogP contribution in [0.15, 0.2) is 29.4 Å². The molecule has 158 valence electrons. The smallest absolute Gasteiger partial charge is 0.228 e. The Hall–Kier alpha value is -2.32. The number of Topliss-reactive ketones (excluding diaryl/α,β-unsaturated/α-hetero) is 1. The zero-order valence-electron chi connectivity index (χ0n) is 17.3. The van der Waals surface area contributed by atoms with E-state index in [9.17, 15) is 4.79 Å². The van der Waals surface area contributed by atoms with Crippen molar-refractivity contribution in [2.24, 2.45) is 0 Å². The van der Waals surface area contributed by atoms with Crippen LogP contribution in [0.4, 0.5) is 5.95 Å². The molecule has 2 aromatic heterocycles. The number of aryl methyl sites for hydroxylation is 1. The minimum atomic E-state index is 0.115. The van der Waals surface area contributed by atoms with Gasteiger partial charge in [-0.15, -0.1) is 10.2 Å². The number of benzene rings is 1. The van der Waals surface area contributed by atoms with Crippen molar-refractivity contribution in [1.82, 2.24) is 19.7 Å². The number of ketones is 1. The maximum atomic E-state index is 13.1. The first-order valence-corrected chi connectivity index (χ1v) is 11.7. The van der Waals surface area contributed by atoms with Gasteiger partial charge in [-0.05, 0) is 38.7 Å². The molecule has 30 heavy (non-hydrogen) atoms. The quantitative estimate of drug-likeness (QED) is 0.458. The van der Waals surface area contributed by atoms with Crippen LogP contribution in [0.3, 0.4) is 0 Å². The van der Waals surface area contributed by atoms with Crippen LogP contribution in [-0.4, -0.2) is 57.1 Å². The summed E-state index contributed by atoms with van der Waals surface area (Å²) in [6.07, 6.45) is 4.75. The summed E-state index contributed by atoms with van der Waals surface area (Å²) in [4.78, 5) is 18.7. The SMILES string of the molecule is Cc1[nH]c2ccccc2c1C(=O)CSc1nnc(N2CCCC2)n1CC1CCCO1. The Kier molecular flexibility index (Phi) is 5.52. The number of nitrogens with one attached hydrogen (secondary N) is 1. The average Bonchev–Trinajstić information content (AvgIpc) is 3.53. The van der Waals surface area contributed by atoms with Gasteiger partial charge in [-0.25, -0.2) is 0 Å². The van der Waals surface area contributed by atoms with E-state index in [0.717, 1.165) is 72.3 Å². The number of aromatic amines is 1. The highest BCUT2D eigenvalue weighted by Gasteiger charge is 2.26. The van der Waals surface area contributed by atoms with Gasteiger partial charge >= 0.3 is 0 Å². The van der Waals surface area contributed by atoms with Crippen molar-refractivity contribution in [2.75, 3.05) is 30.3 Å². The number of H-pyrrole nitrogens is 1. The Morgan fingerprint density at radius 3 is 2.87 bits per heavy atom. The van der Waals surface area contributed by atoms with Crippen LogP contribution < -0.4 is 4.90 Å². The van der Waals surface area contributed by atoms with Gasteiger partial charge in [-0.3, -0.25) is 9.36 Å². The van der Waals surface area contributed by atoms with E-state index >= 15 is 0 Å². The molecule has 0 saturated carbocycles.